The average molecular weight is 298 g/mol. The molecule has 2 aromatic heterocycles. The van der Waals surface area contributed by atoms with E-state index in [1.54, 1.807) is 29.9 Å². The summed E-state index contributed by atoms with van der Waals surface area (Å²) in [5.74, 6) is -0.407. The normalized spacial score (nSPS) is 10.8. The van der Waals surface area contributed by atoms with Gasteiger partial charge in [-0.3, -0.25) is 14.0 Å². The van der Waals surface area contributed by atoms with Gasteiger partial charge in [-0.15, -0.1) is 0 Å². The highest BCUT2D eigenvalue weighted by molar-refractivity contribution is 5.89. The monoisotopic (exact) mass is 298 g/mol. The van der Waals surface area contributed by atoms with E-state index >= 15 is 0 Å². The van der Waals surface area contributed by atoms with E-state index in [0.29, 0.717) is 23.1 Å². The Kier molecular flexibility index (Phi) is 3.46. The van der Waals surface area contributed by atoms with Gasteiger partial charge >= 0.3 is 5.97 Å². The molecule has 0 unspecified atom stereocenters. The summed E-state index contributed by atoms with van der Waals surface area (Å²) in [5, 5.41) is 4.50. The third-order valence-corrected chi connectivity index (χ3v) is 3.42. The van der Waals surface area contributed by atoms with Crippen LogP contribution in [-0.2, 0) is 18.3 Å². The van der Waals surface area contributed by atoms with Crippen molar-refractivity contribution in [3.05, 3.63) is 58.3 Å². The second-order valence-electron chi connectivity index (χ2n) is 4.88. The molecule has 0 saturated carbocycles. The minimum Gasteiger partial charge on any atom is -0.465 e. The van der Waals surface area contributed by atoms with Crippen LogP contribution in [0.3, 0.4) is 0 Å². The quantitative estimate of drug-likeness (QED) is 0.673. The predicted molar refractivity (Wildman–Crippen MR) is 79.7 cm³/mol. The Balaban J connectivity index is 1.98. The number of ether oxygens (including phenoxy) is 1. The number of carbonyl (C=O) groups excluding carboxylic acids is 1. The maximum absolute atomic E-state index is 12.4. The maximum atomic E-state index is 12.4. The fraction of sp³-hybridized carbons (Fsp3) is 0.200. The Bertz CT molecular complexity index is 911. The van der Waals surface area contributed by atoms with Crippen molar-refractivity contribution in [1.82, 2.24) is 19.3 Å². The Morgan fingerprint density at radius 3 is 2.95 bits per heavy atom. The number of aromatic nitrogens is 4. The van der Waals surface area contributed by atoms with Gasteiger partial charge in [0.15, 0.2) is 5.65 Å². The van der Waals surface area contributed by atoms with Crippen LogP contribution in [0, 0.1) is 0 Å². The van der Waals surface area contributed by atoms with Gasteiger partial charge in [0, 0.05) is 7.05 Å². The van der Waals surface area contributed by atoms with Crippen LogP contribution in [0.15, 0.2) is 41.6 Å². The molecule has 7 heteroatoms. The number of methoxy groups -OCH3 is 1. The van der Waals surface area contributed by atoms with Crippen LogP contribution in [-0.4, -0.2) is 32.4 Å². The SMILES string of the molecule is COC(=O)c1cccc(Cn2cnc3c(cnn3C)c2=O)c1. The van der Waals surface area contributed by atoms with Crippen molar-refractivity contribution in [2.45, 2.75) is 6.54 Å². The highest BCUT2D eigenvalue weighted by Gasteiger charge is 2.10. The first kappa shape index (κ1) is 14.0. The average Bonchev–Trinajstić information content (AvgIpc) is 2.91. The highest BCUT2D eigenvalue weighted by atomic mass is 16.5. The van der Waals surface area contributed by atoms with Gasteiger partial charge in [-0.05, 0) is 17.7 Å². The molecule has 3 aromatic rings. The van der Waals surface area contributed by atoms with E-state index in [1.807, 2.05) is 6.07 Å². The van der Waals surface area contributed by atoms with Crippen LogP contribution in [0.4, 0.5) is 0 Å². The smallest absolute Gasteiger partial charge is 0.337 e. The van der Waals surface area contributed by atoms with Crippen molar-refractivity contribution >= 4 is 17.0 Å². The summed E-state index contributed by atoms with van der Waals surface area (Å²) >= 11 is 0. The lowest BCUT2D eigenvalue weighted by Crippen LogP contribution is -2.21. The molecule has 0 bridgehead atoms. The number of carbonyl (C=O) groups is 1. The largest absolute Gasteiger partial charge is 0.465 e. The Morgan fingerprint density at radius 2 is 2.18 bits per heavy atom. The van der Waals surface area contributed by atoms with E-state index in [4.69, 9.17) is 4.74 Å². The summed E-state index contributed by atoms with van der Waals surface area (Å²) in [6, 6.07) is 6.96. The second-order valence-corrected chi connectivity index (χ2v) is 4.88. The standard InChI is InChI=1S/C15H14N4O3/c1-18-13-12(7-17-18)14(20)19(9-16-13)8-10-4-3-5-11(6-10)15(21)22-2/h3-7,9H,8H2,1-2H3. The third-order valence-electron chi connectivity index (χ3n) is 3.42. The molecule has 0 spiro atoms. The Labute approximate surface area is 125 Å². The van der Waals surface area contributed by atoms with E-state index in [9.17, 15) is 9.59 Å². The first-order chi connectivity index (χ1) is 10.6. The molecule has 7 nitrogen and oxygen atoms in total. The molecule has 3 rings (SSSR count). The molecule has 1 aromatic carbocycles. The van der Waals surface area contributed by atoms with Crippen molar-refractivity contribution in [3.63, 3.8) is 0 Å². The molecule has 22 heavy (non-hydrogen) atoms. The number of benzene rings is 1. The van der Waals surface area contributed by atoms with Gasteiger partial charge in [-0.1, -0.05) is 12.1 Å². The number of aryl methyl sites for hydroxylation is 1. The van der Waals surface area contributed by atoms with E-state index < -0.39 is 5.97 Å². The maximum Gasteiger partial charge on any atom is 0.337 e. The molecule has 0 saturated heterocycles. The molecule has 0 amide bonds. The zero-order valence-electron chi connectivity index (χ0n) is 12.2. The van der Waals surface area contributed by atoms with Crippen LogP contribution in [0.5, 0.6) is 0 Å². The van der Waals surface area contributed by atoms with Crippen LogP contribution in [0.1, 0.15) is 15.9 Å². The Morgan fingerprint density at radius 1 is 1.36 bits per heavy atom. The number of esters is 1. The molecule has 0 fully saturated rings. The minimum absolute atomic E-state index is 0.165. The van der Waals surface area contributed by atoms with Crippen molar-refractivity contribution in [2.24, 2.45) is 7.05 Å². The van der Waals surface area contributed by atoms with Gasteiger partial charge in [0.25, 0.3) is 5.56 Å². The molecular formula is C15H14N4O3. The minimum atomic E-state index is -0.407. The zero-order chi connectivity index (χ0) is 15.7. The molecular weight excluding hydrogens is 284 g/mol. The van der Waals surface area contributed by atoms with Crippen molar-refractivity contribution in [3.8, 4) is 0 Å². The Hall–Kier alpha value is -2.96. The lowest BCUT2D eigenvalue weighted by molar-refractivity contribution is 0.0600. The zero-order valence-corrected chi connectivity index (χ0v) is 12.2. The highest BCUT2D eigenvalue weighted by Crippen LogP contribution is 2.09. The fourth-order valence-electron chi connectivity index (χ4n) is 2.29. The summed E-state index contributed by atoms with van der Waals surface area (Å²) in [7, 11) is 3.07. The van der Waals surface area contributed by atoms with Crippen LogP contribution in [0.2, 0.25) is 0 Å². The first-order valence-electron chi connectivity index (χ1n) is 6.64. The lowest BCUT2D eigenvalue weighted by atomic mass is 10.1. The predicted octanol–water partition coefficient (Wildman–Crippen LogP) is 0.965. The van der Waals surface area contributed by atoms with E-state index in [-0.39, 0.29) is 5.56 Å². The van der Waals surface area contributed by atoms with E-state index in [2.05, 4.69) is 10.1 Å². The topological polar surface area (TPSA) is 79.0 Å². The number of nitrogens with zero attached hydrogens (tertiary/aromatic N) is 4. The number of hydrogen-bond acceptors (Lipinski definition) is 5. The van der Waals surface area contributed by atoms with E-state index in [1.165, 1.54) is 24.2 Å². The van der Waals surface area contributed by atoms with Crippen LogP contribution < -0.4 is 5.56 Å². The van der Waals surface area contributed by atoms with Crippen LogP contribution in [0.25, 0.3) is 11.0 Å². The molecule has 0 atom stereocenters. The summed E-state index contributed by atoms with van der Waals surface area (Å²) in [4.78, 5) is 28.2. The molecule has 0 radical (unpaired) electrons. The molecule has 0 aliphatic carbocycles. The number of rotatable bonds is 3. The third kappa shape index (κ3) is 2.37. The molecule has 0 aliphatic heterocycles. The number of fused-ring (bicyclic) bond motifs is 1. The van der Waals surface area contributed by atoms with Gasteiger partial charge in [0.1, 0.15) is 11.7 Å². The lowest BCUT2D eigenvalue weighted by Gasteiger charge is -2.07. The summed E-state index contributed by atoms with van der Waals surface area (Å²) in [6.45, 7) is 0.321. The molecule has 112 valence electrons. The molecule has 0 aliphatic rings. The fourth-order valence-corrected chi connectivity index (χ4v) is 2.29. The first-order valence-corrected chi connectivity index (χ1v) is 6.64. The summed E-state index contributed by atoms with van der Waals surface area (Å²) in [5.41, 5.74) is 1.64. The number of hydrogen-bond donors (Lipinski definition) is 0. The molecule has 0 N–H and O–H groups in total. The van der Waals surface area contributed by atoms with Crippen LogP contribution >= 0.6 is 0 Å². The van der Waals surface area contributed by atoms with Crippen molar-refractivity contribution in [1.29, 1.82) is 0 Å². The van der Waals surface area contributed by atoms with Gasteiger partial charge in [0.2, 0.25) is 0 Å². The van der Waals surface area contributed by atoms with Crippen molar-refractivity contribution < 1.29 is 9.53 Å². The molecule has 2 heterocycles. The van der Waals surface area contributed by atoms with Gasteiger partial charge in [0.05, 0.1) is 25.4 Å². The van der Waals surface area contributed by atoms with Gasteiger partial charge in [-0.25, -0.2) is 9.78 Å². The van der Waals surface area contributed by atoms with E-state index in [0.717, 1.165) is 5.56 Å². The van der Waals surface area contributed by atoms with Gasteiger partial charge in [-0.2, -0.15) is 5.10 Å². The summed E-state index contributed by atoms with van der Waals surface area (Å²) < 4.78 is 7.74. The van der Waals surface area contributed by atoms with Gasteiger partial charge < -0.3 is 4.74 Å². The second kappa shape index (κ2) is 5.44. The van der Waals surface area contributed by atoms with Crippen molar-refractivity contribution in [2.75, 3.05) is 7.11 Å². The summed E-state index contributed by atoms with van der Waals surface area (Å²) in [6.07, 6.45) is 2.99.